The monoisotopic (exact) mass is 470 g/mol. The average Bonchev–Trinajstić information content (AvgIpc) is 2.69. The van der Waals surface area contributed by atoms with Crippen molar-refractivity contribution in [2.75, 3.05) is 19.6 Å². The summed E-state index contributed by atoms with van der Waals surface area (Å²) in [5.74, 6) is 0. The van der Waals surface area contributed by atoms with Crippen molar-refractivity contribution < 1.29 is 8.42 Å². The van der Waals surface area contributed by atoms with Gasteiger partial charge >= 0.3 is 0 Å². The molecule has 0 aliphatic carbocycles. The Hall–Kier alpha value is -1.11. The van der Waals surface area contributed by atoms with Crippen LogP contribution in [0.3, 0.4) is 0 Å². The molecule has 0 amide bonds. The largest absolute Gasteiger partial charge is 0.299 e. The van der Waals surface area contributed by atoms with Gasteiger partial charge < -0.3 is 0 Å². The number of sulfonamides is 1. The number of nitrogens with zero attached hydrogens (tertiary/aromatic N) is 1. The van der Waals surface area contributed by atoms with Crippen LogP contribution in [0, 0.1) is 13.8 Å². The minimum Gasteiger partial charge on any atom is -0.299 e. The molecule has 4 nitrogen and oxygen atoms in total. The third-order valence-corrected chi connectivity index (χ3v) is 7.66. The highest BCUT2D eigenvalue weighted by Gasteiger charge is 2.18. The molecule has 0 fully saturated rings. The van der Waals surface area contributed by atoms with Gasteiger partial charge in [0.2, 0.25) is 10.0 Å². The molecule has 0 radical (unpaired) electrons. The summed E-state index contributed by atoms with van der Waals surface area (Å²) in [7, 11) is -3.49. The van der Waals surface area contributed by atoms with Gasteiger partial charge in [0.15, 0.2) is 0 Å². The summed E-state index contributed by atoms with van der Waals surface area (Å²) >= 11 is 6.07. The van der Waals surface area contributed by atoms with Crippen LogP contribution >= 0.6 is 24.0 Å². The minimum absolute atomic E-state index is 0. The second kappa shape index (κ2) is 11.5. The smallest absolute Gasteiger partial charge is 0.240 e. The summed E-state index contributed by atoms with van der Waals surface area (Å²) in [4.78, 5) is 2.85. The first-order chi connectivity index (χ1) is 13.9. The van der Waals surface area contributed by atoms with Crippen molar-refractivity contribution >= 4 is 34.0 Å². The predicted octanol–water partition coefficient (Wildman–Crippen LogP) is 5.28. The standard InChI is InChI=1S/C23H31ClN2O2S.ClH/c1-18-16-23(19(2)15-22(18)24)29(27,28)25-12-7-3-4-8-13-26-14-11-20-9-5-6-10-21(20)17-26;/h5-6,9-10,15-16,25H,3-4,7-8,11-14,17H2,1-2H3;1H. The van der Waals surface area contributed by atoms with Crippen LogP contribution in [0.4, 0.5) is 0 Å². The van der Waals surface area contributed by atoms with Crippen molar-refractivity contribution in [1.29, 1.82) is 0 Å². The fraction of sp³-hybridized carbons (Fsp3) is 0.478. The Labute approximate surface area is 192 Å². The highest BCUT2D eigenvalue weighted by molar-refractivity contribution is 7.89. The zero-order valence-corrected chi connectivity index (χ0v) is 20.2. The lowest BCUT2D eigenvalue weighted by Crippen LogP contribution is -2.31. The zero-order chi connectivity index (χ0) is 20.9. The number of unbranched alkanes of at least 4 members (excludes halogenated alkanes) is 3. The lowest BCUT2D eigenvalue weighted by atomic mass is 10.00. The number of hydrogen-bond acceptors (Lipinski definition) is 3. The topological polar surface area (TPSA) is 49.4 Å². The Bertz CT molecular complexity index is 948. The van der Waals surface area contributed by atoms with E-state index in [1.54, 1.807) is 19.1 Å². The van der Waals surface area contributed by atoms with Crippen LogP contribution in [0.15, 0.2) is 41.3 Å². The first-order valence-electron chi connectivity index (χ1n) is 10.4. The van der Waals surface area contributed by atoms with Crippen LogP contribution in [-0.4, -0.2) is 33.0 Å². The van der Waals surface area contributed by atoms with E-state index in [1.165, 1.54) is 11.1 Å². The van der Waals surface area contributed by atoms with Crippen LogP contribution in [0.5, 0.6) is 0 Å². The number of hydrogen-bond donors (Lipinski definition) is 1. The summed E-state index contributed by atoms with van der Waals surface area (Å²) in [5.41, 5.74) is 4.40. The van der Waals surface area contributed by atoms with Crippen LogP contribution < -0.4 is 4.72 Å². The number of nitrogens with one attached hydrogen (secondary N) is 1. The summed E-state index contributed by atoms with van der Waals surface area (Å²) < 4.78 is 27.8. The first-order valence-corrected chi connectivity index (χ1v) is 12.3. The van der Waals surface area contributed by atoms with Crippen molar-refractivity contribution in [2.45, 2.75) is 57.4 Å². The fourth-order valence-corrected chi connectivity index (χ4v) is 5.49. The second-order valence-corrected chi connectivity index (χ2v) is 10.1. The van der Waals surface area contributed by atoms with Gasteiger partial charge in [-0.25, -0.2) is 13.1 Å². The van der Waals surface area contributed by atoms with E-state index in [2.05, 4.69) is 33.9 Å². The Morgan fingerprint density at radius 1 is 1.00 bits per heavy atom. The maximum Gasteiger partial charge on any atom is 0.240 e. The zero-order valence-electron chi connectivity index (χ0n) is 17.8. The molecule has 0 saturated heterocycles. The molecule has 1 aliphatic heterocycles. The summed E-state index contributed by atoms with van der Waals surface area (Å²) in [6.07, 6.45) is 5.31. The number of benzene rings is 2. The molecule has 0 unspecified atom stereocenters. The molecule has 2 aromatic carbocycles. The lowest BCUT2D eigenvalue weighted by molar-refractivity contribution is 0.248. The van der Waals surface area contributed by atoms with Gasteiger partial charge in [-0.3, -0.25) is 4.90 Å². The lowest BCUT2D eigenvalue weighted by Gasteiger charge is -2.28. The number of rotatable bonds is 9. The van der Waals surface area contributed by atoms with Crippen LogP contribution in [0.1, 0.15) is 47.9 Å². The van der Waals surface area contributed by atoms with E-state index >= 15 is 0 Å². The average molecular weight is 471 g/mol. The normalized spacial score (nSPS) is 14.2. The number of halogens is 2. The maximum atomic E-state index is 12.6. The number of aryl methyl sites for hydroxylation is 2. The molecule has 0 spiro atoms. The molecule has 2 aromatic rings. The fourth-order valence-electron chi connectivity index (χ4n) is 3.89. The molecule has 0 saturated carbocycles. The molecule has 0 atom stereocenters. The van der Waals surface area contributed by atoms with Crippen molar-refractivity contribution in [3.63, 3.8) is 0 Å². The second-order valence-electron chi connectivity index (χ2n) is 7.97. The van der Waals surface area contributed by atoms with Crippen molar-refractivity contribution in [3.05, 3.63) is 63.7 Å². The van der Waals surface area contributed by atoms with Crippen molar-refractivity contribution in [3.8, 4) is 0 Å². The van der Waals surface area contributed by atoms with Crippen molar-refractivity contribution in [1.82, 2.24) is 9.62 Å². The minimum atomic E-state index is -3.49. The van der Waals surface area contributed by atoms with Gasteiger partial charge in [0.25, 0.3) is 0 Å². The molecule has 0 aromatic heterocycles. The summed E-state index contributed by atoms with van der Waals surface area (Å²) in [6.45, 7) is 7.37. The predicted molar refractivity (Wildman–Crippen MR) is 127 cm³/mol. The van der Waals surface area contributed by atoms with Gasteiger partial charge in [-0.15, -0.1) is 12.4 Å². The Balaban J connectivity index is 0.00000320. The SMILES string of the molecule is Cc1cc(S(=O)(=O)NCCCCCCN2CCc3ccccc3C2)c(C)cc1Cl.Cl. The van der Waals surface area contributed by atoms with Gasteiger partial charge in [0.05, 0.1) is 4.90 Å². The van der Waals surface area contributed by atoms with Gasteiger partial charge in [-0.05, 0) is 74.0 Å². The maximum absolute atomic E-state index is 12.6. The van der Waals surface area contributed by atoms with E-state index in [0.717, 1.165) is 57.3 Å². The third-order valence-electron chi connectivity index (χ3n) is 5.65. The van der Waals surface area contributed by atoms with Crippen molar-refractivity contribution in [2.24, 2.45) is 0 Å². The molecule has 1 N–H and O–H groups in total. The van der Waals surface area contributed by atoms with E-state index < -0.39 is 10.0 Å². The van der Waals surface area contributed by atoms with E-state index in [0.29, 0.717) is 22.0 Å². The molecular weight excluding hydrogens is 439 g/mol. The van der Waals surface area contributed by atoms with Gasteiger partial charge in [0.1, 0.15) is 0 Å². The molecule has 1 heterocycles. The van der Waals surface area contributed by atoms with E-state index in [1.807, 2.05) is 6.92 Å². The Morgan fingerprint density at radius 3 is 2.47 bits per heavy atom. The van der Waals surface area contributed by atoms with E-state index in [9.17, 15) is 8.42 Å². The summed E-state index contributed by atoms with van der Waals surface area (Å²) in [5, 5.41) is 0.596. The summed E-state index contributed by atoms with van der Waals surface area (Å²) in [6, 6.07) is 12.1. The molecule has 7 heteroatoms. The first kappa shape index (κ1) is 25.2. The molecule has 1 aliphatic rings. The Kier molecular flexibility index (Phi) is 9.64. The third kappa shape index (κ3) is 6.69. The van der Waals surface area contributed by atoms with E-state index in [4.69, 9.17) is 11.6 Å². The van der Waals surface area contributed by atoms with Crippen LogP contribution in [-0.2, 0) is 23.0 Å². The molecular formula is C23H32Cl2N2O2S. The highest BCUT2D eigenvalue weighted by Crippen LogP contribution is 2.24. The van der Waals surface area contributed by atoms with Gasteiger partial charge in [-0.1, -0.05) is 48.7 Å². The van der Waals surface area contributed by atoms with Gasteiger partial charge in [0, 0.05) is 24.7 Å². The Morgan fingerprint density at radius 2 is 1.70 bits per heavy atom. The quantitative estimate of drug-likeness (QED) is 0.507. The number of fused-ring (bicyclic) bond motifs is 1. The van der Waals surface area contributed by atoms with Gasteiger partial charge in [-0.2, -0.15) is 0 Å². The molecule has 30 heavy (non-hydrogen) atoms. The molecule has 0 bridgehead atoms. The van der Waals surface area contributed by atoms with E-state index in [-0.39, 0.29) is 12.4 Å². The molecule has 3 rings (SSSR count). The highest BCUT2D eigenvalue weighted by atomic mass is 35.5. The molecule has 166 valence electrons. The van der Waals surface area contributed by atoms with Crippen LogP contribution in [0.2, 0.25) is 5.02 Å². The van der Waals surface area contributed by atoms with Crippen LogP contribution in [0.25, 0.3) is 0 Å².